The molecule has 1 heteroatoms. The maximum atomic E-state index is 2.39. The minimum absolute atomic E-state index is 0. The largest absolute Gasteiger partial charge is 0.0773 e. The third-order valence-electron chi connectivity index (χ3n) is 4.33. The van der Waals surface area contributed by atoms with E-state index in [1.807, 2.05) is 0 Å². The molecule has 1 unspecified atom stereocenters. The number of hydrogen-bond donors (Lipinski definition) is 0. The van der Waals surface area contributed by atoms with Crippen molar-refractivity contribution in [2.45, 2.75) is 27.2 Å². The monoisotopic (exact) mass is 286 g/mol. The SMILES string of the molecule is CC(C)C(C)CC(C1C=CC=C1)C1C=CC=C1.[Ni]. The van der Waals surface area contributed by atoms with E-state index < -0.39 is 0 Å². The summed E-state index contributed by atoms with van der Waals surface area (Å²) in [6.45, 7) is 7.06. The molecule has 0 nitrogen and oxygen atoms in total. The summed E-state index contributed by atoms with van der Waals surface area (Å²) in [6, 6.07) is 0. The fourth-order valence-electron chi connectivity index (χ4n) is 2.74. The van der Waals surface area contributed by atoms with Crippen LogP contribution in [0.25, 0.3) is 0 Å². The van der Waals surface area contributed by atoms with Crippen LogP contribution in [0.15, 0.2) is 48.6 Å². The molecule has 0 heterocycles. The molecular weight excluding hydrogens is 263 g/mol. The van der Waals surface area contributed by atoms with Crippen molar-refractivity contribution in [2.75, 3.05) is 0 Å². The number of allylic oxidation sites excluding steroid dienone is 8. The summed E-state index contributed by atoms with van der Waals surface area (Å²) in [4.78, 5) is 0. The van der Waals surface area contributed by atoms with Gasteiger partial charge in [0.15, 0.2) is 0 Å². The van der Waals surface area contributed by atoms with Gasteiger partial charge in [0.1, 0.15) is 0 Å². The molecule has 0 saturated heterocycles. The van der Waals surface area contributed by atoms with Crippen LogP contribution in [0.2, 0.25) is 0 Å². The molecule has 2 aliphatic rings. The predicted octanol–water partition coefficient (Wildman–Crippen LogP) is 4.77. The van der Waals surface area contributed by atoms with Gasteiger partial charge in [-0.25, -0.2) is 0 Å². The summed E-state index contributed by atoms with van der Waals surface area (Å²) in [5, 5.41) is 0. The second-order valence-electron chi connectivity index (χ2n) is 5.82. The van der Waals surface area contributed by atoms with E-state index >= 15 is 0 Å². The fraction of sp³-hybridized carbons (Fsp3) is 0.529. The molecule has 0 spiro atoms. The molecule has 0 aliphatic heterocycles. The van der Waals surface area contributed by atoms with E-state index in [1.54, 1.807) is 0 Å². The molecule has 0 bridgehead atoms. The number of hydrogen-bond acceptors (Lipinski definition) is 0. The van der Waals surface area contributed by atoms with Gasteiger partial charge in [0.2, 0.25) is 0 Å². The first-order chi connectivity index (χ1) is 8.18. The summed E-state index contributed by atoms with van der Waals surface area (Å²) < 4.78 is 0. The first-order valence-electron chi connectivity index (χ1n) is 6.88. The maximum absolute atomic E-state index is 2.39. The first kappa shape index (κ1) is 15.5. The van der Waals surface area contributed by atoms with E-state index in [0.717, 1.165) is 17.8 Å². The van der Waals surface area contributed by atoms with Gasteiger partial charge in [-0.2, -0.15) is 0 Å². The topological polar surface area (TPSA) is 0 Å². The fourth-order valence-corrected chi connectivity index (χ4v) is 2.74. The van der Waals surface area contributed by atoms with E-state index in [2.05, 4.69) is 69.4 Å². The van der Waals surface area contributed by atoms with Crippen LogP contribution < -0.4 is 0 Å². The van der Waals surface area contributed by atoms with Gasteiger partial charge in [-0.3, -0.25) is 0 Å². The van der Waals surface area contributed by atoms with Gasteiger partial charge in [-0.15, -0.1) is 0 Å². The Hall–Kier alpha value is -0.546. The molecule has 0 aromatic carbocycles. The van der Waals surface area contributed by atoms with E-state index in [1.165, 1.54) is 6.42 Å². The van der Waals surface area contributed by atoms with Crippen LogP contribution in [-0.2, 0) is 16.5 Å². The molecule has 0 radical (unpaired) electrons. The molecule has 0 aromatic rings. The average molecular weight is 287 g/mol. The summed E-state index contributed by atoms with van der Waals surface area (Å²) in [6.07, 6.45) is 19.5. The molecule has 0 aromatic heterocycles. The Kier molecular flexibility index (Phi) is 6.16. The Bertz CT molecular complexity index is 308. The van der Waals surface area contributed by atoms with Gasteiger partial charge >= 0.3 is 0 Å². The zero-order valence-corrected chi connectivity index (χ0v) is 12.5. The molecular formula is C17H24Ni. The van der Waals surface area contributed by atoms with Crippen LogP contribution in [0.4, 0.5) is 0 Å². The Morgan fingerprint density at radius 2 is 1.17 bits per heavy atom. The van der Waals surface area contributed by atoms with Gasteiger partial charge in [-0.1, -0.05) is 69.4 Å². The zero-order chi connectivity index (χ0) is 12.3. The van der Waals surface area contributed by atoms with Crippen LogP contribution >= 0.6 is 0 Å². The molecule has 102 valence electrons. The predicted molar refractivity (Wildman–Crippen MR) is 75.6 cm³/mol. The minimum Gasteiger partial charge on any atom is -0.0773 e. The summed E-state index contributed by atoms with van der Waals surface area (Å²) >= 11 is 0. The smallest absolute Gasteiger partial charge is 0 e. The molecule has 0 fully saturated rings. The van der Waals surface area contributed by atoms with Gasteiger partial charge in [0.25, 0.3) is 0 Å². The number of rotatable bonds is 5. The summed E-state index contributed by atoms with van der Waals surface area (Å²) in [5.74, 6) is 3.57. The van der Waals surface area contributed by atoms with Crippen molar-refractivity contribution in [3.05, 3.63) is 48.6 Å². The van der Waals surface area contributed by atoms with E-state index in [0.29, 0.717) is 11.8 Å². The Morgan fingerprint density at radius 1 is 0.778 bits per heavy atom. The van der Waals surface area contributed by atoms with Gasteiger partial charge < -0.3 is 0 Å². The minimum atomic E-state index is 0. The van der Waals surface area contributed by atoms with Crippen molar-refractivity contribution in [3.8, 4) is 0 Å². The standard InChI is InChI=1S/C17H24.Ni/c1-13(2)14(3)12-17(15-8-4-5-9-15)16-10-6-7-11-16;/h4-11,13-17H,12H2,1-3H3;. The Morgan fingerprint density at radius 3 is 1.50 bits per heavy atom. The van der Waals surface area contributed by atoms with E-state index in [-0.39, 0.29) is 16.5 Å². The average Bonchev–Trinajstić information content (AvgIpc) is 2.98. The van der Waals surface area contributed by atoms with Crippen molar-refractivity contribution < 1.29 is 16.5 Å². The van der Waals surface area contributed by atoms with Crippen LogP contribution in [0.1, 0.15) is 27.2 Å². The van der Waals surface area contributed by atoms with Gasteiger partial charge in [-0.05, 0) is 36.0 Å². The van der Waals surface area contributed by atoms with Gasteiger partial charge in [0.05, 0.1) is 0 Å². The van der Waals surface area contributed by atoms with Crippen molar-refractivity contribution in [2.24, 2.45) is 29.6 Å². The Balaban J connectivity index is 0.00000162. The Labute approximate surface area is 122 Å². The molecule has 2 aliphatic carbocycles. The van der Waals surface area contributed by atoms with E-state index in [9.17, 15) is 0 Å². The third-order valence-corrected chi connectivity index (χ3v) is 4.33. The van der Waals surface area contributed by atoms with Crippen LogP contribution in [-0.4, -0.2) is 0 Å². The molecule has 0 saturated carbocycles. The molecule has 0 amide bonds. The van der Waals surface area contributed by atoms with Crippen molar-refractivity contribution in [1.29, 1.82) is 0 Å². The van der Waals surface area contributed by atoms with Gasteiger partial charge in [0, 0.05) is 16.5 Å². The quantitative estimate of drug-likeness (QED) is 0.639. The molecule has 0 N–H and O–H groups in total. The van der Waals surface area contributed by atoms with E-state index in [4.69, 9.17) is 0 Å². The first-order valence-corrected chi connectivity index (χ1v) is 6.88. The second kappa shape index (κ2) is 7.14. The maximum Gasteiger partial charge on any atom is 0 e. The normalized spacial score (nSPS) is 20.3. The molecule has 2 rings (SSSR count). The van der Waals surface area contributed by atoms with Crippen molar-refractivity contribution in [3.63, 3.8) is 0 Å². The third kappa shape index (κ3) is 3.72. The zero-order valence-electron chi connectivity index (χ0n) is 11.5. The van der Waals surface area contributed by atoms with Crippen molar-refractivity contribution in [1.82, 2.24) is 0 Å². The van der Waals surface area contributed by atoms with Crippen LogP contribution in [0, 0.1) is 29.6 Å². The van der Waals surface area contributed by atoms with Crippen molar-refractivity contribution >= 4 is 0 Å². The second-order valence-corrected chi connectivity index (χ2v) is 5.82. The van der Waals surface area contributed by atoms with Crippen LogP contribution in [0.5, 0.6) is 0 Å². The summed E-state index contributed by atoms with van der Waals surface area (Å²) in [5.41, 5.74) is 0. The van der Waals surface area contributed by atoms with Crippen LogP contribution in [0.3, 0.4) is 0 Å². The molecule has 1 atom stereocenters. The summed E-state index contributed by atoms with van der Waals surface area (Å²) in [7, 11) is 0. The molecule has 18 heavy (non-hydrogen) atoms.